The van der Waals surface area contributed by atoms with E-state index in [0.29, 0.717) is 36.5 Å². The normalized spacial score (nSPS) is 11.3. The Labute approximate surface area is 227 Å². The van der Waals surface area contributed by atoms with Gasteiger partial charge >= 0.3 is 6.09 Å². The van der Waals surface area contributed by atoms with E-state index < -0.39 is 17.5 Å². The van der Waals surface area contributed by atoms with Gasteiger partial charge in [-0.25, -0.2) is 18.6 Å². The number of hydrogen-bond donors (Lipinski definition) is 2. The van der Waals surface area contributed by atoms with Gasteiger partial charge in [0, 0.05) is 18.8 Å². The number of benzene rings is 1. The summed E-state index contributed by atoms with van der Waals surface area (Å²) in [5.41, 5.74) is 1.64. The zero-order chi connectivity index (χ0) is 28.4. The van der Waals surface area contributed by atoms with Gasteiger partial charge in [0.25, 0.3) is 0 Å². The largest absolute Gasteiger partial charge is 0.444 e. The molecule has 1 aromatic carbocycles. The molecule has 0 bridgehead atoms. The number of pyridine rings is 2. The molecule has 0 spiro atoms. The van der Waals surface area contributed by atoms with E-state index in [2.05, 4.69) is 20.6 Å². The van der Waals surface area contributed by atoms with Crippen LogP contribution in [0, 0.1) is 11.6 Å². The van der Waals surface area contributed by atoms with Gasteiger partial charge in [-0.2, -0.15) is 0 Å². The summed E-state index contributed by atoms with van der Waals surface area (Å²) in [5.74, 6) is -0.627. The fourth-order valence-corrected chi connectivity index (χ4v) is 3.74. The summed E-state index contributed by atoms with van der Waals surface area (Å²) in [4.78, 5) is 34.4. The second-order valence-electron chi connectivity index (χ2n) is 9.73. The smallest absolute Gasteiger partial charge is 0.407 e. The molecule has 3 aromatic rings. The molecule has 0 fully saturated rings. The Morgan fingerprint density at radius 3 is 2.64 bits per heavy atom. The molecule has 206 valence electrons. The summed E-state index contributed by atoms with van der Waals surface area (Å²) in [5, 5.41) is 5.83. The third kappa shape index (κ3) is 8.87. The monoisotopic (exact) mass is 537 g/mol. The predicted octanol–water partition coefficient (Wildman–Crippen LogP) is 5.63. The van der Waals surface area contributed by atoms with Crippen LogP contribution in [0.4, 0.5) is 25.1 Å². The Hall–Kier alpha value is -4.34. The van der Waals surface area contributed by atoms with Crippen LogP contribution in [0.3, 0.4) is 0 Å². The first-order valence-electron chi connectivity index (χ1n) is 12.5. The molecule has 8 nitrogen and oxygen atoms in total. The van der Waals surface area contributed by atoms with Crippen molar-refractivity contribution >= 4 is 30.1 Å². The fourth-order valence-electron chi connectivity index (χ4n) is 3.74. The van der Waals surface area contributed by atoms with Gasteiger partial charge < -0.3 is 20.3 Å². The number of halogens is 2. The lowest BCUT2D eigenvalue weighted by Crippen LogP contribution is -2.33. The van der Waals surface area contributed by atoms with E-state index in [-0.39, 0.29) is 30.3 Å². The predicted molar refractivity (Wildman–Crippen MR) is 147 cm³/mol. The molecule has 2 aromatic heterocycles. The van der Waals surface area contributed by atoms with Crippen molar-refractivity contribution in [1.29, 1.82) is 0 Å². The molecular formula is C29H33F2N5O3. The van der Waals surface area contributed by atoms with Crippen LogP contribution in [-0.4, -0.2) is 34.6 Å². The van der Waals surface area contributed by atoms with Crippen LogP contribution < -0.4 is 15.5 Å². The summed E-state index contributed by atoms with van der Waals surface area (Å²) in [6.07, 6.45) is 5.25. The molecule has 0 radical (unpaired) electrons. The lowest BCUT2D eigenvalue weighted by atomic mass is 10.1. The van der Waals surface area contributed by atoms with Crippen LogP contribution in [-0.2, 0) is 29.0 Å². The van der Waals surface area contributed by atoms with Crippen molar-refractivity contribution in [3.63, 3.8) is 0 Å². The fraction of sp³-hybridized carbons (Fsp3) is 0.310. The third-order valence-electron chi connectivity index (χ3n) is 5.46. The summed E-state index contributed by atoms with van der Waals surface area (Å²) in [6, 6.07) is 11.0. The highest BCUT2D eigenvalue weighted by Crippen LogP contribution is 2.28. The number of amides is 2. The van der Waals surface area contributed by atoms with Crippen molar-refractivity contribution < 1.29 is 23.1 Å². The number of hydrogen-bond acceptors (Lipinski definition) is 6. The number of allylic oxidation sites excluding steroid dienone is 1. The SMILES string of the molecule is C/C=C/c1nc(NCCc2cccc(F)c2)c(N(C=O)Cc2cccnc2CNC(=O)OC(C)(C)C)cc1F. The van der Waals surface area contributed by atoms with E-state index in [1.807, 2.05) is 6.07 Å². The number of aromatic nitrogens is 2. The van der Waals surface area contributed by atoms with E-state index in [0.717, 1.165) is 5.56 Å². The molecule has 2 N–H and O–H groups in total. The lowest BCUT2D eigenvalue weighted by molar-refractivity contribution is -0.107. The van der Waals surface area contributed by atoms with E-state index in [1.165, 1.54) is 29.2 Å². The summed E-state index contributed by atoms with van der Waals surface area (Å²) >= 11 is 0. The maximum absolute atomic E-state index is 14.9. The van der Waals surface area contributed by atoms with Crippen LogP contribution in [0.15, 0.2) is 54.7 Å². The Morgan fingerprint density at radius 1 is 1.15 bits per heavy atom. The van der Waals surface area contributed by atoms with Gasteiger partial charge in [-0.3, -0.25) is 9.78 Å². The van der Waals surface area contributed by atoms with Gasteiger partial charge in [0.15, 0.2) is 11.6 Å². The number of carbonyl (C=O) groups excluding carboxylic acids is 2. The Morgan fingerprint density at radius 2 is 1.95 bits per heavy atom. The van der Waals surface area contributed by atoms with Crippen LogP contribution in [0.2, 0.25) is 0 Å². The average molecular weight is 538 g/mol. The van der Waals surface area contributed by atoms with Gasteiger partial charge in [-0.05, 0) is 69.5 Å². The second kappa shape index (κ2) is 13.5. The number of nitrogens with zero attached hydrogens (tertiary/aromatic N) is 3. The van der Waals surface area contributed by atoms with Crippen LogP contribution >= 0.6 is 0 Å². The molecule has 0 aliphatic heterocycles. The molecule has 0 aliphatic carbocycles. The van der Waals surface area contributed by atoms with E-state index in [9.17, 15) is 18.4 Å². The molecule has 2 amide bonds. The van der Waals surface area contributed by atoms with Crippen molar-refractivity contribution in [2.75, 3.05) is 16.8 Å². The molecule has 2 heterocycles. The van der Waals surface area contributed by atoms with Gasteiger partial charge in [0.1, 0.15) is 17.1 Å². The topological polar surface area (TPSA) is 96.5 Å². The van der Waals surface area contributed by atoms with Crippen LogP contribution in [0.25, 0.3) is 6.08 Å². The van der Waals surface area contributed by atoms with E-state index >= 15 is 0 Å². The summed E-state index contributed by atoms with van der Waals surface area (Å²) < 4.78 is 33.8. The number of carbonyl (C=O) groups is 2. The van der Waals surface area contributed by atoms with E-state index in [4.69, 9.17) is 4.74 Å². The van der Waals surface area contributed by atoms with Crippen molar-refractivity contribution in [3.05, 3.63) is 88.9 Å². The highest BCUT2D eigenvalue weighted by molar-refractivity contribution is 5.82. The van der Waals surface area contributed by atoms with Gasteiger partial charge in [0.2, 0.25) is 6.41 Å². The Balaban J connectivity index is 1.83. The molecule has 3 rings (SSSR count). The molecule has 0 saturated heterocycles. The maximum atomic E-state index is 14.9. The van der Waals surface area contributed by atoms with Crippen molar-refractivity contribution in [2.24, 2.45) is 0 Å². The minimum Gasteiger partial charge on any atom is -0.444 e. The summed E-state index contributed by atoms with van der Waals surface area (Å²) in [7, 11) is 0. The first kappa shape index (κ1) is 29.2. The summed E-state index contributed by atoms with van der Waals surface area (Å²) in [6.45, 7) is 7.53. The highest BCUT2D eigenvalue weighted by atomic mass is 19.1. The minimum atomic E-state index is -0.653. The second-order valence-corrected chi connectivity index (χ2v) is 9.73. The zero-order valence-electron chi connectivity index (χ0n) is 22.5. The number of rotatable bonds is 11. The standard InChI is InChI=1S/C29H33F2N5O3/c1-5-8-24-23(31)16-26(27(35-24)33-14-12-20-9-6-11-22(30)15-20)36(19-37)18-21-10-7-13-32-25(21)17-34-28(38)39-29(2,3)4/h5-11,13,15-16,19H,12,14,17-18H2,1-4H3,(H,33,35)(H,34,38)/b8-5+. The Bertz CT molecular complexity index is 1320. The molecule has 0 aliphatic rings. The van der Waals surface area contributed by atoms with Crippen molar-refractivity contribution in [3.8, 4) is 0 Å². The third-order valence-corrected chi connectivity index (χ3v) is 5.46. The average Bonchev–Trinajstić information content (AvgIpc) is 2.87. The van der Waals surface area contributed by atoms with Crippen LogP contribution in [0.5, 0.6) is 0 Å². The Kier molecular flexibility index (Phi) is 10.1. The first-order valence-corrected chi connectivity index (χ1v) is 12.5. The molecular weight excluding hydrogens is 504 g/mol. The zero-order valence-corrected chi connectivity index (χ0v) is 22.5. The lowest BCUT2D eigenvalue weighted by Gasteiger charge is -2.23. The number of alkyl carbamates (subject to hydrolysis) is 1. The van der Waals surface area contributed by atoms with Gasteiger partial charge in [0.05, 0.1) is 24.5 Å². The molecule has 39 heavy (non-hydrogen) atoms. The van der Waals surface area contributed by atoms with Crippen molar-refractivity contribution in [1.82, 2.24) is 15.3 Å². The molecule has 0 atom stereocenters. The highest BCUT2D eigenvalue weighted by Gasteiger charge is 2.20. The molecule has 0 saturated carbocycles. The number of ether oxygens (including phenoxy) is 1. The molecule has 10 heteroatoms. The quantitative estimate of drug-likeness (QED) is 0.308. The maximum Gasteiger partial charge on any atom is 0.407 e. The van der Waals surface area contributed by atoms with Gasteiger partial charge in [-0.1, -0.05) is 24.3 Å². The van der Waals surface area contributed by atoms with Crippen molar-refractivity contribution in [2.45, 2.75) is 52.8 Å². The van der Waals surface area contributed by atoms with Crippen LogP contribution in [0.1, 0.15) is 50.2 Å². The number of nitrogens with one attached hydrogen (secondary N) is 2. The first-order chi connectivity index (χ1) is 18.6. The minimum absolute atomic E-state index is 0.0470. The van der Waals surface area contributed by atoms with E-state index in [1.54, 1.807) is 58.2 Å². The number of anilines is 2. The van der Waals surface area contributed by atoms with Gasteiger partial charge in [-0.15, -0.1) is 0 Å². The molecule has 0 unspecified atom stereocenters.